The molecule has 1 aromatic rings. The summed E-state index contributed by atoms with van der Waals surface area (Å²) in [5, 5.41) is 9.68. The van der Waals surface area contributed by atoms with E-state index in [1.165, 1.54) is 6.07 Å². The predicted octanol–water partition coefficient (Wildman–Crippen LogP) is 4.23. The average molecular weight is 262 g/mol. The highest BCUT2D eigenvalue weighted by atomic mass is 19.4. The van der Waals surface area contributed by atoms with Crippen LogP contribution in [0, 0.1) is 5.82 Å². The predicted molar refractivity (Wildman–Crippen MR) is 60.4 cm³/mol. The fourth-order valence-electron chi connectivity index (χ4n) is 1.64. The van der Waals surface area contributed by atoms with Crippen molar-refractivity contribution in [3.05, 3.63) is 47.8 Å². The van der Waals surface area contributed by atoms with E-state index < -0.39 is 23.7 Å². The highest BCUT2D eigenvalue weighted by Gasteiger charge is 2.35. The molecule has 0 radical (unpaired) electrons. The maximum Gasteiger partial charge on any atom is 0.419 e. The molecule has 0 aliphatic carbocycles. The molecule has 0 saturated heterocycles. The Balaban J connectivity index is 2.93. The molecule has 0 bridgehead atoms. The Kier molecular flexibility index (Phi) is 4.90. The standard InChI is InChI=1S/C13H14F4O/c1-2-3-4-8-11(18)9-6-5-7-10(12(9)14)13(15,16)17/h2,5-7,11,18H,1,3-4,8H2. The van der Waals surface area contributed by atoms with Gasteiger partial charge < -0.3 is 5.11 Å². The topological polar surface area (TPSA) is 20.2 Å². The van der Waals surface area contributed by atoms with Crippen LogP contribution in [0.4, 0.5) is 17.6 Å². The van der Waals surface area contributed by atoms with Gasteiger partial charge in [-0.25, -0.2) is 4.39 Å². The van der Waals surface area contributed by atoms with Crippen LogP contribution in [0.3, 0.4) is 0 Å². The Morgan fingerprint density at radius 3 is 2.56 bits per heavy atom. The van der Waals surface area contributed by atoms with E-state index in [1.54, 1.807) is 6.08 Å². The van der Waals surface area contributed by atoms with Crippen LogP contribution in [0.2, 0.25) is 0 Å². The molecule has 1 rings (SSSR count). The number of alkyl halides is 3. The van der Waals surface area contributed by atoms with E-state index in [2.05, 4.69) is 6.58 Å². The van der Waals surface area contributed by atoms with Crippen molar-refractivity contribution in [1.82, 2.24) is 0 Å². The monoisotopic (exact) mass is 262 g/mol. The molecule has 0 aliphatic heterocycles. The fourth-order valence-corrected chi connectivity index (χ4v) is 1.64. The SMILES string of the molecule is C=CCCCC(O)c1cccc(C(F)(F)F)c1F. The van der Waals surface area contributed by atoms with Gasteiger partial charge in [-0.3, -0.25) is 0 Å². The van der Waals surface area contributed by atoms with E-state index in [1.807, 2.05) is 0 Å². The van der Waals surface area contributed by atoms with Crippen molar-refractivity contribution in [2.45, 2.75) is 31.5 Å². The summed E-state index contributed by atoms with van der Waals surface area (Å²) in [4.78, 5) is 0. The van der Waals surface area contributed by atoms with Crippen LogP contribution in [0.15, 0.2) is 30.9 Å². The van der Waals surface area contributed by atoms with Crippen molar-refractivity contribution in [2.24, 2.45) is 0 Å². The number of unbranched alkanes of at least 4 members (excludes halogenated alkanes) is 1. The molecule has 0 saturated carbocycles. The highest BCUT2D eigenvalue weighted by Crippen LogP contribution is 2.34. The molecule has 0 aromatic heterocycles. The van der Waals surface area contributed by atoms with Gasteiger partial charge in [0.15, 0.2) is 0 Å². The van der Waals surface area contributed by atoms with E-state index in [0.29, 0.717) is 18.9 Å². The Labute approximate surface area is 103 Å². The second kappa shape index (κ2) is 6.00. The lowest BCUT2D eigenvalue weighted by Crippen LogP contribution is -2.11. The van der Waals surface area contributed by atoms with Crippen molar-refractivity contribution >= 4 is 0 Å². The molecule has 0 aliphatic rings. The quantitative estimate of drug-likeness (QED) is 0.478. The minimum atomic E-state index is -4.75. The first kappa shape index (κ1) is 14.7. The number of aliphatic hydroxyl groups excluding tert-OH is 1. The highest BCUT2D eigenvalue weighted by molar-refractivity contribution is 5.29. The maximum absolute atomic E-state index is 13.6. The third-order valence-corrected chi connectivity index (χ3v) is 2.58. The smallest absolute Gasteiger partial charge is 0.388 e. The van der Waals surface area contributed by atoms with Crippen LogP contribution in [0.25, 0.3) is 0 Å². The van der Waals surface area contributed by atoms with Crippen LogP contribution < -0.4 is 0 Å². The first-order valence-corrected chi connectivity index (χ1v) is 5.52. The normalized spacial score (nSPS) is 13.4. The van der Waals surface area contributed by atoms with Gasteiger partial charge in [-0.1, -0.05) is 18.2 Å². The number of hydrogen-bond donors (Lipinski definition) is 1. The molecule has 18 heavy (non-hydrogen) atoms. The summed E-state index contributed by atoms with van der Waals surface area (Å²) in [6.07, 6.45) is -2.98. The zero-order valence-corrected chi connectivity index (χ0v) is 9.67. The first-order valence-electron chi connectivity index (χ1n) is 5.52. The summed E-state index contributed by atoms with van der Waals surface area (Å²) in [7, 11) is 0. The van der Waals surface area contributed by atoms with E-state index in [-0.39, 0.29) is 12.0 Å². The molecular formula is C13H14F4O. The summed E-state index contributed by atoms with van der Waals surface area (Å²) in [5.74, 6) is -1.39. The molecule has 1 aromatic carbocycles. The zero-order valence-electron chi connectivity index (χ0n) is 9.67. The fraction of sp³-hybridized carbons (Fsp3) is 0.385. The minimum absolute atomic E-state index is 0.199. The summed E-state index contributed by atoms with van der Waals surface area (Å²) in [5.41, 5.74) is -1.66. The molecule has 0 heterocycles. The Morgan fingerprint density at radius 2 is 2.00 bits per heavy atom. The van der Waals surface area contributed by atoms with Gasteiger partial charge in [0, 0.05) is 5.56 Å². The van der Waals surface area contributed by atoms with Crippen LogP contribution in [-0.4, -0.2) is 5.11 Å². The second-order valence-electron chi connectivity index (χ2n) is 3.94. The summed E-state index contributed by atoms with van der Waals surface area (Å²) in [6.45, 7) is 3.49. The van der Waals surface area contributed by atoms with Crippen LogP contribution in [0.5, 0.6) is 0 Å². The third kappa shape index (κ3) is 3.57. The molecule has 0 spiro atoms. The average Bonchev–Trinajstić information content (AvgIpc) is 2.28. The van der Waals surface area contributed by atoms with Crippen LogP contribution in [0.1, 0.15) is 36.5 Å². The number of halogens is 4. The van der Waals surface area contributed by atoms with Crippen molar-refractivity contribution in [1.29, 1.82) is 0 Å². The van der Waals surface area contributed by atoms with E-state index >= 15 is 0 Å². The number of allylic oxidation sites excluding steroid dienone is 1. The van der Waals surface area contributed by atoms with Gasteiger partial charge in [0.2, 0.25) is 0 Å². The molecule has 5 heteroatoms. The second-order valence-corrected chi connectivity index (χ2v) is 3.94. The third-order valence-electron chi connectivity index (χ3n) is 2.58. The number of benzene rings is 1. The van der Waals surface area contributed by atoms with Gasteiger partial charge in [0.05, 0.1) is 11.7 Å². The van der Waals surface area contributed by atoms with Gasteiger partial charge in [0.1, 0.15) is 5.82 Å². The summed E-state index contributed by atoms with van der Waals surface area (Å²) in [6, 6.07) is 2.93. The molecule has 1 unspecified atom stereocenters. The number of rotatable bonds is 5. The van der Waals surface area contributed by atoms with Gasteiger partial charge in [-0.05, 0) is 25.3 Å². The summed E-state index contributed by atoms with van der Waals surface area (Å²) < 4.78 is 51.0. The molecular weight excluding hydrogens is 248 g/mol. The first-order chi connectivity index (χ1) is 8.38. The Hall–Kier alpha value is -1.36. The number of aliphatic hydroxyl groups is 1. The van der Waals surface area contributed by atoms with Gasteiger partial charge >= 0.3 is 6.18 Å². The molecule has 100 valence electrons. The Morgan fingerprint density at radius 1 is 1.33 bits per heavy atom. The largest absolute Gasteiger partial charge is 0.419 e. The lowest BCUT2D eigenvalue weighted by Gasteiger charge is -2.15. The van der Waals surface area contributed by atoms with Crippen molar-refractivity contribution in [3.63, 3.8) is 0 Å². The van der Waals surface area contributed by atoms with Crippen LogP contribution in [-0.2, 0) is 6.18 Å². The molecule has 0 amide bonds. The van der Waals surface area contributed by atoms with E-state index in [4.69, 9.17) is 0 Å². The molecule has 1 atom stereocenters. The van der Waals surface area contributed by atoms with E-state index in [9.17, 15) is 22.7 Å². The van der Waals surface area contributed by atoms with Gasteiger partial charge in [-0.2, -0.15) is 13.2 Å². The summed E-state index contributed by atoms with van der Waals surface area (Å²) >= 11 is 0. The van der Waals surface area contributed by atoms with Gasteiger partial charge in [-0.15, -0.1) is 6.58 Å². The van der Waals surface area contributed by atoms with Crippen molar-refractivity contribution in [2.75, 3.05) is 0 Å². The lowest BCUT2D eigenvalue weighted by atomic mass is 10.0. The van der Waals surface area contributed by atoms with Gasteiger partial charge in [0.25, 0.3) is 0 Å². The van der Waals surface area contributed by atoms with E-state index in [0.717, 1.165) is 6.07 Å². The van der Waals surface area contributed by atoms with Crippen molar-refractivity contribution in [3.8, 4) is 0 Å². The molecule has 1 N–H and O–H groups in total. The minimum Gasteiger partial charge on any atom is -0.388 e. The number of hydrogen-bond acceptors (Lipinski definition) is 1. The van der Waals surface area contributed by atoms with Crippen molar-refractivity contribution < 1.29 is 22.7 Å². The lowest BCUT2D eigenvalue weighted by molar-refractivity contribution is -0.140. The maximum atomic E-state index is 13.6. The van der Waals surface area contributed by atoms with Crippen LogP contribution >= 0.6 is 0 Å². The zero-order chi connectivity index (χ0) is 13.8. The molecule has 0 fully saturated rings. The molecule has 1 nitrogen and oxygen atoms in total. The Bertz CT molecular complexity index is 412.